The number of halogens is 1. The van der Waals surface area contributed by atoms with Crippen LogP contribution in [0.4, 0.5) is 5.69 Å². The lowest BCUT2D eigenvalue weighted by atomic mass is 10.1. The summed E-state index contributed by atoms with van der Waals surface area (Å²) in [6.07, 6.45) is 0. The molecular formula is C17H16BrN5O. The van der Waals surface area contributed by atoms with Crippen LogP contribution >= 0.6 is 15.9 Å². The summed E-state index contributed by atoms with van der Waals surface area (Å²) in [6, 6.07) is 13.4. The van der Waals surface area contributed by atoms with Gasteiger partial charge in [-0.15, -0.1) is 5.10 Å². The van der Waals surface area contributed by atoms with Crippen molar-refractivity contribution in [3.63, 3.8) is 0 Å². The van der Waals surface area contributed by atoms with E-state index in [1.165, 1.54) is 4.68 Å². The lowest BCUT2D eigenvalue weighted by Gasteiger charge is -2.10. The third-order valence-corrected chi connectivity index (χ3v) is 4.34. The Kier molecular flexibility index (Phi) is 4.71. The lowest BCUT2D eigenvalue weighted by molar-refractivity contribution is -0.116. The molecule has 2 aromatic carbocycles. The van der Waals surface area contributed by atoms with Gasteiger partial charge >= 0.3 is 0 Å². The third kappa shape index (κ3) is 3.51. The Morgan fingerprint density at radius 3 is 2.67 bits per heavy atom. The first-order chi connectivity index (χ1) is 11.5. The van der Waals surface area contributed by atoms with Crippen molar-refractivity contribution in [3.05, 3.63) is 58.1 Å². The maximum Gasteiger partial charge on any atom is 0.246 e. The van der Waals surface area contributed by atoms with Gasteiger partial charge in [0.15, 0.2) is 5.82 Å². The van der Waals surface area contributed by atoms with Crippen molar-refractivity contribution in [2.24, 2.45) is 0 Å². The molecule has 0 aliphatic carbocycles. The second-order valence-corrected chi connectivity index (χ2v) is 6.38. The molecule has 0 atom stereocenters. The van der Waals surface area contributed by atoms with Crippen molar-refractivity contribution >= 4 is 27.5 Å². The number of nitrogens with one attached hydrogen (secondary N) is 1. The molecule has 0 saturated carbocycles. The zero-order chi connectivity index (χ0) is 17.1. The Labute approximate surface area is 148 Å². The molecule has 1 heterocycles. The van der Waals surface area contributed by atoms with Gasteiger partial charge in [0.05, 0.1) is 0 Å². The van der Waals surface area contributed by atoms with Gasteiger partial charge in [0, 0.05) is 15.7 Å². The zero-order valence-electron chi connectivity index (χ0n) is 13.3. The van der Waals surface area contributed by atoms with E-state index in [4.69, 9.17) is 0 Å². The number of aromatic nitrogens is 4. The molecule has 122 valence electrons. The number of hydrogen-bond donors (Lipinski definition) is 1. The maximum atomic E-state index is 12.3. The highest BCUT2D eigenvalue weighted by atomic mass is 79.9. The van der Waals surface area contributed by atoms with Crippen molar-refractivity contribution in [1.29, 1.82) is 0 Å². The van der Waals surface area contributed by atoms with Crippen molar-refractivity contribution in [2.75, 3.05) is 5.32 Å². The summed E-state index contributed by atoms with van der Waals surface area (Å²) in [6.45, 7) is 4.04. The van der Waals surface area contributed by atoms with Crippen LogP contribution in [-0.4, -0.2) is 26.1 Å². The van der Waals surface area contributed by atoms with Crippen LogP contribution in [0.25, 0.3) is 11.4 Å². The maximum absolute atomic E-state index is 12.3. The highest BCUT2D eigenvalue weighted by Crippen LogP contribution is 2.20. The van der Waals surface area contributed by atoms with E-state index in [1.54, 1.807) is 0 Å². The number of nitrogens with zero attached hydrogens (tertiary/aromatic N) is 4. The first-order valence-corrected chi connectivity index (χ1v) is 8.22. The fourth-order valence-electron chi connectivity index (χ4n) is 2.33. The fraction of sp³-hybridized carbons (Fsp3) is 0.176. The number of anilines is 1. The van der Waals surface area contributed by atoms with Gasteiger partial charge in [-0.3, -0.25) is 4.79 Å². The highest BCUT2D eigenvalue weighted by molar-refractivity contribution is 9.10. The molecule has 1 N–H and O–H groups in total. The minimum absolute atomic E-state index is 0.0474. The fourth-order valence-corrected chi connectivity index (χ4v) is 2.59. The Morgan fingerprint density at radius 1 is 1.17 bits per heavy atom. The Balaban J connectivity index is 1.77. The molecule has 0 aliphatic rings. The number of carbonyl (C=O) groups is 1. The second-order valence-electron chi connectivity index (χ2n) is 5.46. The van der Waals surface area contributed by atoms with Gasteiger partial charge < -0.3 is 5.32 Å². The molecule has 24 heavy (non-hydrogen) atoms. The summed E-state index contributed by atoms with van der Waals surface area (Å²) in [4.78, 5) is 12.3. The summed E-state index contributed by atoms with van der Waals surface area (Å²) >= 11 is 3.39. The highest BCUT2D eigenvalue weighted by Gasteiger charge is 2.13. The monoisotopic (exact) mass is 385 g/mol. The van der Waals surface area contributed by atoms with E-state index in [2.05, 4.69) is 36.8 Å². The number of hydrogen-bond acceptors (Lipinski definition) is 4. The van der Waals surface area contributed by atoms with E-state index in [1.807, 2.05) is 56.3 Å². The summed E-state index contributed by atoms with van der Waals surface area (Å²) in [5, 5.41) is 14.5. The average Bonchev–Trinajstić information content (AvgIpc) is 3.00. The van der Waals surface area contributed by atoms with Gasteiger partial charge in [0.25, 0.3) is 0 Å². The van der Waals surface area contributed by atoms with Gasteiger partial charge in [-0.1, -0.05) is 40.2 Å². The number of aryl methyl sites for hydroxylation is 1. The van der Waals surface area contributed by atoms with Crippen molar-refractivity contribution in [3.8, 4) is 11.4 Å². The Bertz CT molecular complexity index is 873. The van der Waals surface area contributed by atoms with Crippen molar-refractivity contribution < 1.29 is 4.79 Å². The molecular weight excluding hydrogens is 370 g/mol. The number of carbonyl (C=O) groups excluding carboxylic acids is 1. The first kappa shape index (κ1) is 16.3. The van der Waals surface area contributed by atoms with Crippen LogP contribution in [0.15, 0.2) is 46.9 Å². The molecule has 0 aliphatic heterocycles. The molecule has 1 amide bonds. The number of tetrazole rings is 1. The van der Waals surface area contributed by atoms with Crippen molar-refractivity contribution in [2.45, 2.75) is 20.4 Å². The first-order valence-electron chi connectivity index (χ1n) is 7.43. The van der Waals surface area contributed by atoms with E-state index < -0.39 is 0 Å². The van der Waals surface area contributed by atoms with Gasteiger partial charge in [-0.2, -0.15) is 0 Å². The molecule has 0 fully saturated rings. The number of benzene rings is 2. The minimum atomic E-state index is -0.172. The van der Waals surface area contributed by atoms with E-state index in [-0.39, 0.29) is 12.5 Å². The second kappa shape index (κ2) is 6.92. The van der Waals surface area contributed by atoms with Crippen LogP contribution in [0.2, 0.25) is 0 Å². The summed E-state index contributed by atoms with van der Waals surface area (Å²) in [5.41, 5.74) is 3.84. The van der Waals surface area contributed by atoms with Crippen LogP contribution in [-0.2, 0) is 11.3 Å². The van der Waals surface area contributed by atoms with E-state index in [0.29, 0.717) is 5.82 Å². The minimum Gasteiger partial charge on any atom is -0.324 e. The molecule has 7 heteroatoms. The van der Waals surface area contributed by atoms with Crippen LogP contribution in [0.3, 0.4) is 0 Å². The SMILES string of the molecule is Cc1cccc(NC(=O)Cn2nnnc2-c2ccc(Br)cc2)c1C. The predicted octanol–water partition coefficient (Wildman–Crippen LogP) is 3.36. The van der Waals surface area contributed by atoms with Gasteiger partial charge in [-0.25, -0.2) is 4.68 Å². The van der Waals surface area contributed by atoms with Crippen molar-refractivity contribution in [1.82, 2.24) is 20.2 Å². The zero-order valence-corrected chi connectivity index (χ0v) is 14.9. The van der Waals surface area contributed by atoms with Gasteiger partial charge in [-0.05, 0) is 53.6 Å². The quantitative estimate of drug-likeness (QED) is 0.747. The Hall–Kier alpha value is -2.54. The summed E-state index contributed by atoms with van der Waals surface area (Å²) < 4.78 is 2.46. The molecule has 0 saturated heterocycles. The van der Waals surface area contributed by atoms with Crippen LogP contribution in [0, 0.1) is 13.8 Å². The van der Waals surface area contributed by atoms with Crippen LogP contribution in [0.1, 0.15) is 11.1 Å². The molecule has 3 rings (SSSR count). The lowest BCUT2D eigenvalue weighted by Crippen LogP contribution is -2.20. The van der Waals surface area contributed by atoms with E-state index in [0.717, 1.165) is 26.9 Å². The molecule has 6 nitrogen and oxygen atoms in total. The van der Waals surface area contributed by atoms with Gasteiger partial charge in [0.1, 0.15) is 6.54 Å². The summed E-state index contributed by atoms with van der Waals surface area (Å²) in [7, 11) is 0. The summed E-state index contributed by atoms with van der Waals surface area (Å²) in [5.74, 6) is 0.382. The molecule has 1 aromatic heterocycles. The predicted molar refractivity (Wildman–Crippen MR) is 95.5 cm³/mol. The smallest absolute Gasteiger partial charge is 0.246 e. The van der Waals surface area contributed by atoms with E-state index in [9.17, 15) is 4.79 Å². The molecule has 0 bridgehead atoms. The number of rotatable bonds is 4. The average molecular weight is 386 g/mol. The van der Waals surface area contributed by atoms with E-state index >= 15 is 0 Å². The third-order valence-electron chi connectivity index (χ3n) is 3.81. The topological polar surface area (TPSA) is 72.7 Å². The Morgan fingerprint density at radius 2 is 1.92 bits per heavy atom. The van der Waals surface area contributed by atoms with Crippen LogP contribution < -0.4 is 5.32 Å². The molecule has 3 aromatic rings. The normalized spacial score (nSPS) is 10.6. The molecule has 0 unspecified atom stereocenters. The standard InChI is InChI=1S/C17H16BrN5O/c1-11-4-3-5-15(12(11)2)19-16(24)10-23-17(20-21-22-23)13-6-8-14(18)9-7-13/h3-9H,10H2,1-2H3,(H,19,24). The molecule has 0 spiro atoms. The molecule has 0 radical (unpaired) electrons. The number of amides is 1. The van der Waals surface area contributed by atoms with Crippen LogP contribution in [0.5, 0.6) is 0 Å². The van der Waals surface area contributed by atoms with Gasteiger partial charge in [0.2, 0.25) is 5.91 Å². The largest absolute Gasteiger partial charge is 0.324 e.